The van der Waals surface area contributed by atoms with Crippen molar-refractivity contribution in [2.75, 3.05) is 0 Å². The Kier molecular flexibility index (Phi) is 4.08. The topological polar surface area (TPSA) is 26.0 Å². The van der Waals surface area contributed by atoms with Crippen molar-refractivity contribution >= 4 is 0 Å². The van der Waals surface area contributed by atoms with Gasteiger partial charge >= 0.3 is 6.18 Å². The molecule has 0 unspecified atom stereocenters. The van der Waals surface area contributed by atoms with Crippen molar-refractivity contribution in [2.24, 2.45) is 5.73 Å². The molecule has 0 aliphatic heterocycles. The molecule has 0 spiro atoms. The molecule has 0 aliphatic carbocycles. The lowest BCUT2D eigenvalue weighted by molar-refractivity contribution is -0.136. The lowest BCUT2D eigenvalue weighted by Crippen LogP contribution is -2.17. The quantitative estimate of drug-likeness (QED) is 0.818. The van der Waals surface area contributed by atoms with Crippen LogP contribution in [0.5, 0.6) is 0 Å². The predicted octanol–water partition coefficient (Wildman–Crippen LogP) is 3.62. The Morgan fingerprint density at radius 2 is 1.76 bits per heavy atom. The molecule has 1 aromatic rings. The van der Waals surface area contributed by atoms with Gasteiger partial charge in [-0.1, -0.05) is 12.1 Å². The highest BCUT2D eigenvalue weighted by molar-refractivity contribution is 5.27. The Labute approximate surface area is 95.4 Å². The average molecular weight is 253 g/mol. The SMILES string of the molecule is Cc1ccc([C@H](N)CCC(F)(F)F)c(F)c1F. The zero-order chi connectivity index (χ0) is 13.2. The first-order valence-corrected chi connectivity index (χ1v) is 4.99. The Hall–Kier alpha value is -1.17. The fourth-order valence-electron chi connectivity index (χ4n) is 1.42. The molecule has 0 saturated carbocycles. The maximum Gasteiger partial charge on any atom is 0.389 e. The first-order valence-electron chi connectivity index (χ1n) is 4.99. The summed E-state index contributed by atoms with van der Waals surface area (Å²) in [5.41, 5.74) is 5.28. The second-order valence-corrected chi connectivity index (χ2v) is 3.86. The van der Waals surface area contributed by atoms with Crippen LogP contribution < -0.4 is 5.73 Å². The zero-order valence-corrected chi connectivity index (χ0v) is 9.11. The van der Waals surface area contributed by atoms with E-state index in [-0.39, 0.29) is 11.1 Å². The van der Waals surface area contributed by atoms with Gasteiger partial charge in [-0.15, -0.1) is 0 Å². The number of halogens is 5. The summed E-state index contributed by atoms with van der Waals surface area (Å²) in [5.74, 6) is -2.23. The smallest absolute Gasteiger partial charge is 0.324 e. The minimum Gasteiger partial charge on any atom is -0.324 e. The molecule has 1 atom stereocenters. The van der Waals surface area contributed by atoms with E-state index in [9.17, 15) is 22.0 Å². The Morgan fingerprint density at radius 3 is 2.29 bits per heavy atom. The Bertz CT molecular complexity index is 400. The third-order valence-corrected chi connectivity index (χ3v) is 2.44. The lowest BCUT2D eigenvalue weighted by atomic mass is 10.0. The van der Waals surface area contributed by atoms with E-state index in [0.29, 0.717) is 0 Å². The van der Waals surface area contributed by atoms with Crippen LogP contribution in [0.15, 0.2) is 12.1 Å². The molecule has 0 radical (unpaired) electrons. The van der Waals surface area contributed by atoms with E-state index in [0.717, 1.165) is 0 Å². The molecule has 0 aromatic heterocycles. The molecule has 0 heterocycles. The van der Waals surface area contributed by atoms with Gasteiger partial charge < -0.3 is 5.73 Å². The number of nitrogens with two attached hydrogens (primary N) is 1. The number of alkyl halides is 3. The van der Waals surface area contributed by atoms with Crippen LogP contribution in [0.25, 0.3) is 0 Å². The summed E-state index contributed by atoms with van der Waals surface area (Å²) in [6.07, 6.45) is -5.94. The van der Waals surface area contributed by atoms with Crippen LogP contribution >= 0.6 is 0 Å². The monoisotopic (exact) mass is 253 g/mol. The summed E-state index contributed by atoms with van der Waals surface area (Å²) >= 11 is 0. The van der Waals surface area contributed by atoms with Gasteiger partial charge in [-0.2, -0.15) is 13.2 Å². The number of hydrogen-bond acceptors (Lipinski definition) is 1. The van der Waals surface area contributed by atoms with Gasteiger partial charge in [0.1, 0.15) is 0 Å². The van der Waals surface area contributed by atoms with Crippen molar-refractivity contribution in [1.82, 2.24) is 0 Å². The van der Waals surface area contributed by atoms with Crippen LogP contribution in [0, 0.1) is 18.6 Å². The molecule has 1 nitrogen and oxygen atoms in total. The standard InChI is InChI=1S/C11H12F5N/c1-6-2-3-7(10(13)9(6)12)8(17)4-5-11(14,15)16/h2-3,8H,4-5,17H2,1H3/t8-/m1/s1. The largest absolute Gasteiger partial charge is 0.389 e. The summed E-state index contributed by atoms with van der Waals surface area (Å²) in [7, 11) is 0. The van der Waals surface area contributed by atoms with Crippen LogP contribution in [-0.4, -0.2) is 6.18 Å². The molecule has 6 heteroatoms. The van der Waals surface area contributed by atoms with Crippen LogP contribution in [0.4, 0.5) is 22.0 Å². The van der Waals surface area contributed by atoms with Crippen LogP contribution in [0.1, 0.15) is 30.0 Å². The fourth-order valence-corrected chi connectivity index (χ4v) is 1.42. The first-order chi connectivity index (χ1) is 7.72. The molecule has 0 fully saturated rings. The first kappa shape index (κ1) is 13.9. The van der Waals surface area contributed by atoms with Crippen LogP contribution in [-0.2, 0) is 0 Å². The van der Waals surface area contributed by atoms with E-state index >= 15 is 0 Å². The molecule has 0 bridgehead atoms. The third-order valence-electron chi connectivity index (χ3n) is 2.44. The van der Waals surface area contributed by atoms with E-state index in [4.69, 9.17) is 5.73 Å². The van der Waals surface area contributed by atoms with Gasteiger partial charge in [-0.25, -0.2) is 8.78 Å². The molecule has 0 amide bonds. The van der Waals surface area contributed by atoms with Crippen molar-refractivity contribution < 1.29 is 22.0 Å². The molecule has 2 N–H and O–H groups in total. The van der Waals surface area contributed by atoms with E-state index in [1.54, 1.807) is 0 Å². The van der Waals surface area contributed by atoms with Crippen molar-refractivity contribution in [3.8, 4) is 0 Å². The second kappa shape index (κ2) is 5.00. The lowest BCUT2D eigenvalue weighted by Gasteiger charge is -2.15. The van der Waals surface area contributed by atoms with Gasteiger partial charge in [0.2, 0.25) is 0 Å². The number of benzene rings is 1. The van der Waals surface area contributed by atoms with Gasteiger partial charge in [-0.3, -0.25) is 0 Å². The minimum atomic E-state index is -4.35. The van der Waals surface area contributed by atoms with Crippen molar-refractivity contribution in [3.63, 3.8) is 0 Å². The van der Waals surface area contributed by atoms with Gasteiger partial charge in [0.05, 0.1) is 0 Å². The van der Waals surface area contributed by atoms with Gasteiger partial charge in [-0.05, 0) is 18.9 Å². The molecule has 0 saturated heterocycles. The van der Waals surface area contributed by atoms with E-state index in [2.05, 4.69) is 0 Å². The zero-order valence-electron chi connectivity index (χ0n) is 9.11. The third kappa shape index (κ3) is 3.66. The van der Waals surface area contributed by atoms with E-state index in [1.165, 1.54) is 19.1 Å². The predicted molar refractivity (Wildman–Crippen MR) is 53.3 cm³/mol. The van der Waals surface area contributed by atoms with Gasteiger partial charge in [0.25, 0.3) is 0 Å². The molecule has 0 aliphatic rings. The molecule has 1 aromatic carbocycles. The summed E-state index contributed by atoms with van der Waals surface area (Å²) in [4.78, 5) is 0. The molecule has 96 valence electrons. The highest BCUT2D eigenvalue weighted by Gasteiger charge is 2.28. The minimum absolute atomic E-state index is 0.0919. The van der Waals surface area contributed by atoms with Crippen molar-refractivity contribution in [1.29, 1.82) is 0 Å². The van der Waals surface area contributed by atoms with E-state index < -0.39 is 36.7 Å². The van der Waals surface area contributed by atoms with Crippen LogP contribution in [0.2, 0.25) is 0 Å². The maximum absolute atomic E-state index is 13.4. The number of hydrogen-bond donors (Lipinski definition) is 1. The fraction of sp³-hybridized carbons (Fsp3) is 0.455. The van der Waals surface area contributed by atoms with E-state index in [1.807, 2.05) is 0 Å². The highest BCUT2D eigenvalue weighted by Crippen LogP contribution is 2.28. The van der Waals surface area contributed by atoms with Gasteiger partial charge in [0, 0.05) is 18.0 Å². The molecule has 17 heavy (non-hydrogen) atoms. The summed E-state index contributed by atoms with van der Waals surface area (Å²) in [6, 6.07) is 1.35. The average Bonchev–Trinajstić information content (AvgIpc) is 2.22. The van der Waals surface area contributed by atoms with Crippen LogP contribution in [0.3, 0.4) is 0 Å². The molecule has 1 rings (SSSR count). The second-order valence-electron chi connectivity index (χ2n) is 3.86. The normalized spacial score (nSPS) is 13.8. The van der Waals surface area contributed by atoms with Crippen molar-refractivity contribution in [3.05, 3.63) is 34.9 Å². The maximum atomic E-state index is 13.4. The molecular weight excluding hydrogens is 241 g/mol. The Balaban J connectivity index is 2.83. The van der Waals surface area contributed by atoms with Crippen molar-refractivity contribution in [2.45, 2.75) is 32.0 Å². The summed E-state index contributed by atoms with van der Waals surface area (Å²) in [5, 5.41) is 0. The van der Waals surface area contributed by atoms with Gasteiger partial charge in [0.15, 0.2) is 11.6 Å². The summed E-state index contributed by atoms with van der Waals surface area (Å²) in [6.45, 7) is 1.36. The molecular formula is C11H12F5N. The number of rotatable bonds is 3. The highest BCUT2D eigenvalue weighted by atomic mass is 19.4. The summed E-state index contributed by atoms with van der Waals surface area (Å²) < 4.78 is 62.4. The Morgan fingerprint density at radius 1 is 1.18 bits per heavy atom. The number of aryl methyl sites for hydroxylation is 1.